The van der Waals surface area contributed by atoms with Gasteiger partial charge < -0.3 is 38.9 Å². The normalized spacial score (nSPS) is 13.8. The zero-order valence-corrected chi connectivity index (χ0v) is 22.9. The van der Waals surface area contributed by atoms with Crippen LogP contribution >= 0.6 is 0 Å². The number of carbonyl (C=O) groups excluding carboxylic acids is 4. The van der Waals surface area contributed by atoms with E-state index in [1.165, 1.54) is 19.1 Å². The zero-order valence-electron chi connectivity index (χ0n) is 22.9. The summed E-state index contributed by atoms with van der Waals surface area (Å²) in [6.07, 6.45) is -1.98. The fraction of sp³-hybridized carbons (Fsp3) is 0.615. The van der Waals surface area contributed by atoms with Gasteiger partial charge in [-0.3, -0.25) is 4.79 Å². The monoisotopic (exact) mass is 541 g/mol. The first-order valence-electron chi connectivity index (χ1n) is 12.5. The van der Waals surface area contributed by atoms with E-state index in [2.05, 4.69) is 4.74 Å². The molecule has 0 amide bonds. The maximum Gasteiger partial charge on any atom is 0.513 e. The van der Waals surface area contributed by atoms with Gasteiger partial charge in [0.15, 0.2) is 11.5 Å². The highest BCUT2D eigenvalue weighted by Crippen LogP contribution is 2.30. The number of benzene rings is 1. The lowest BCUT2D eigenvalue weighted by atomic mass is 10.1. The van der Waals surface area contributed by atoms with Gasteiger partial charge in [-0.2, -0.15) is 0 Å². The van der Waals surface area contributed by atoms with E-state index in [-0.39, 0.29) is 49.6 Å². The van der Waals surface area contributed by atoms with Crippen molar-refractivity contribution in [2.45, 2.75) is 66.0 Å². The molecule has 2 N–H and O–H groups in total. The lowest BCUT2D eigenvalue weighted by Gasteiger charge is -2.17. The van der Waals surface area contributed by atoms with Crippen molar-refractivity contribution in [2.75, 3.05) is 26.9 Å². The highest BCUT2D eigenvalue weighted by molar-refractivity contribution is 5.76. The maximum atomic E-state index is 12.4. The molecular weight excluding hydrogens is 502 g/mol. The van der Waals surface area contributed by atoms with Gasteiger partial charge in [-0.05, 0) is 42.9 Å². The van der Waals surface area contributed by atoms with Crippen molar-refractivity contribution in [3.8, 4) is 11.5 Å². The number of ether oxygens (including phenoxy) is 7. The van der Waals surface area contributed by atoms with Gasteiger partial charge in [0.2, 0.25) is 0 Å². The molecule has 1 aromatic carbocycles. The van der Waals surface area contributed by atoms with Gasteiger partial charge >= 0.3 is 24.4 Å². The highest BCUT2D eigenvalue weighted by atomic mass is 16.7. The molecule has 0 aromatic heterocycles. The number of carbonyl (C=O) groups is 4. The quantitative estimate of drug-likeness (QED) is 0.201. The first-order valence-corrected chi connectivity index (χ1v) is 12.5. The summed E-state index contributed by atoms with van der Waals surface area (Å²) in [4.78, 5) is 47.8. The van der Waals surface area contributed by atoms with Crippen LogP contribution in [-0.2, 0) is 34.9 Å². The largest absolute Gasteiger partial charge is 0.513 e. The Morgan fingerprint density at radius 1 is 0.789 bits per heavy atom. The Hall–Kier alpha value is -3.54. The fourth-order valence-electron chi connectivity index (χ4n) is 2.64. The van der Waals surface area contributed by atoms with E-state index in [9.17, 15) is 19.2 Å². The Kier molecular flexibility index (Phi) is 14.6. The van der Waals surface area contributed by atoms with Gasteiger partial charge in [0.1, 0.15) is 18.8 Å². The summed E-state index contributed by atoms with van der Waals surface area (Å²) in [5, 5.41) is 0. The SMILES string of the molecule is CCC(C)COC(=O)Oc1ccc(C[C@H](N)C(=O)O[C@@H](C)COC(=O)OC)cc1OC(=O)OCC(C)CC. The summed E-state index contributed by atoms with van der Waals surface area (Å²) in [5.41, 5.74) is 6.47. The van der Waals surface area contributed by atoms with Gasteiger partial charge in [-0.1, -0.05) is 46.6 Å². The molecule has 12 heteroatoms. The lowest BCUT2D eigenvalue weighted by Crippen LogP contribution is -2.37. The fourth-order valence-corrected chi connectivity index (χ4v) is 2.64. The van der Waals surface area contributed by atoms with E-state index < -0.39 is 36.6 Å². The Balaban J connectivity index is 2.93. The van der Waals surface area contributed by atoms with Gasteiger partial charge in [0, 0.05) is 0 Å². The summed E-state index contributed by atoms with van der Waals surface area (Å²) < 4.78 is 35.0. The molecule has 1 aromatic rings. The lowest BCUT2D eigenvalue weighted by molar-refractivity contribution is -0.152. The Morgan fingerprint density at radius 2 is 1.32 bits per heavy atom. The van der Waals surface area contributed by atoms with Gasteiger partial charge in [-0.15, -0.1) is 0 Å². The molecule has 4 atom stereocenters. The topological polar surface area (TPSA) is 159 Å². The van der Waals surface area contributed by atoms with Gasteiger partial charge in [-0.25, -0.2) is 14.4 Å². The number of methoxy groups -OCH3 is 1. The molecule has 0 aliphatic heterocycles. The summed E-state index contributed by atoms with van der Waals surface area (Å²) >= 11 is 0. The van der Waals surface area contributed by atoms with E-state index in [0.29, 0.717) is 5.56 Å². The predicted molar refractivity (Wildman–Crippen MR) is 135 cm³/mol. The molecule has 0 saturated heterocycles. The summed E-state index contributed by atoms with van der Waals surface area (Å²) in [6.45, 7) is 9.40. The molecule has 214 valence electrons. The average Bonchev–Trinajstić information content (AvgIpc) is 2.90. The van der Waals surface area contributed by atoms with Crippen LogP contribution in [-0.4, -0.2) is 63.5 Å². The van der Waals surface area contributed by atoms with Crippen LogP contribution in [0, 0.1) is 11.8 Å². The zero-order chi connectivity index (χ0) is 28.7. The van der Waals surface area contributed by atoms with Crippen molar-refractivity contribution < 1.29 is 52.3 Å². The molecule has 0 radical (unpaired) electrons. The Morgan fingerprint density at radius 3 is 1.84 bits per heavy atom. The van der Waals surface area contributed by atoms with Crippen LogP contribution in [0.25, 0.3) is 0 Å². The second-order valence-electron chi connectivity index (χ2n) is 8.96. The third kappa shape index (κ3) is 12.6. The number of nitrogens with two attached hydrogens (primary N) is 1. The second-order valence-corrected chi connectivity index (χ2v) is 8.96. The van der Waals surface area contributed by atoms with Crippen LogP contribution in [0.5, 0.6) is 11.5 Å². The van der Waals surface area contributed by atoms with Crippen LogP contribution in [0.3, 0.4) is 0 Å². The smallest absolute Gasteiger partial charge is 0.458 e. The van der Waals surface area contributed by atoms with Crippen molar-refractivity contribution >= 4 is 24.4 Å². The first kappa shape index (κ1) is 32.5. The molecule has 38 heavy (non-hydrogen) atoms. The average molecular weight is 542 g/mol. The van der Waals surface area contributed by atoms with Crippen LogP contribution in [0.4, 0.5) is 14.4 Å². The van der Waals surface area contributed by atoms with E-state index in [4.69, 9.17) is 34.2 Å². The van der Waals surface area contributed by atoms with Crippen LogP contribution in [0.2, 0.25) is 0 Å². The molecule has 0 bridgehead atoms. The van der Waals surface area contributed by atoms with Gasteiger partial charge in [0.25, 0.3) is 0 Å². The van der Waals surface area contributed by atoms with Crippen molar-refractivity contribution in [3.63, 3.8) is 0 Å². The second kappa shape index (κ2) is 17.1. The molecule has 2 unspecified atom stereocenters. The molecule has 1 rings (SSSR count). The van der Waals surface area contributed by atoms with Crippen molar-refractivity contribution in [1.29, 1.82) is 0 Å². The van der Waals surface area contributed by atoms with Crippen molar-refractivity contribution in [2.24, 2.45) is 17.6 Å². The van der Waals surface area contributed by atoms with Crippen molar-refractivity contribution in [1.82, 2.24) is 0 Å². The minimum Gasteiger partial charge on any atom is -0.458 e. The minimum atomic E-state index is -1.09. The molecule has 0 aliphatic rings. The summed E-state index contributed by atoms with van der Waals surface area (Å²) in [6, 6.07) is 3.25. The third-order valence-electron chi connectivity index (χ3n) is 5.44. The summed E-state index contributed by atoms with van der Waals surface area (Å²) in [7, 11) is 1.16. The molecule has 0 aliphatic carbocycles. The van der Waals surface area contributed by atoms with Crippen LogP contribution < -0.4 is 15.2 Å². The molecule has 0 heterocycles. The first-order chi connectivity index (χ1) is 18.0. The Bertz CT molecular complexity index is 920. The predicted octanol–water partition coefficient (Wildman–Crippen LogP) is 4.39. The van der Waals surface area contributed by atoms with Crippen LogP contribution in [0.15, 0.2) is 18.2 Å². The molecular formula is C26H39NO11. The minimum absolute atomic E-state index is 0.000426. The standard InChI is InChI=1S/C26H39NO11/c1-7-16(3)13-33-25(30)37-21-10-9-19(12-22(21)38-26(31)34-14-17(4)8-2)11-20(27)23(28)36-18(5)15-35-24(29)32-6/h9-10,12,16-18,20H,7-8,11,13-15,27H2,1-6H3/t16?,17?,18-,20-/m0/s1. The Labute approximate surface area is 223 Å². The van der Waals surface area contributed by atoms with Gasteiger partial charge in [0.05, 0.1) is 20.3 Å². The number of esters is 1. The molecule has 0 saturated carbocycles. The number of rotatable bonds is 14. The molecule has 0 fully saturated rings. The molecule has 12 nitrogen and oxygen atoms in total. The van der Waals surface area contributed by atoms with Crippen molar-refractivity contribution in [3.05, 3.63) is 23.8 Å². The summed E-state index contributed by atoms with van der Waals surface area (Å²) in [5.74, 6) is -0.655. The molecule has 0 spiro atoms. The number of hydrogen-bond acceptors (Lipinski definition) is 12. The van der Waals surface area contributed by atoms with E-state index in [1.54, 1.807) is 6.07 Å². The van der Waals surface area contributed by atoms with Crippen LogP contribution in [0.1, 0.15) is 53.0 Å². The third-order valence-corrected chi connectivity index (χ3v) is 5.44. The van der Waals surface area contributed by atoms with E-state index in [1.807, 2.05) is 27.7 Å². The van der Waals surface area contributed by atoms with E-state index in [0.717, 1.165) is 20.0 Å². The number of hydrogen-bond donors (Lipinski definition) is 1. The maximum absolute atomic E-state index is 12.4. The van der Waals surface area contributed by atoms with E-state index >= 15 is 0 Å². The highest BCUT2D eigenvalue weighted by Gasteiger charge is 2.22.